The van der Waals surface area contributed by atoms with E-state index in [-0.39, 0.29) is 18.0 Å². The Morgan fingerprint density at radius 1 is 1.00 bits per heavy atom. The van der Waals surface area contributed by atoms with Gasteiger partial charge >= 0.3 is 0 Å². The fraction of sp³-hybridized carbons (Fsp3) is 0.190. The van der Waals surface area contributed by atoms with Gasteiger partial charge in [-0.2, -0.15) is 0 Å². The van der Waals surface area contributed by atoms with E-state index < -0.39 is 0 Å². The molecule has 1 aliphatic rings. The molecule has 6 heteroatoms. The molecule has 27 heavy (non-hydrogen) atoms. The maximum atomic E-state index is 12.6. The van der Waals surface area contributed by atoms with Gasteiger partial charge in [-0.05, 0) is 35.7 Å². The van der Waals surface area contributed by atoms with E-state index in [2.05, 4.69) is 38.3 Å². The number of carbonyl (C=O) groups is 1. The molecule has 136 valence electrons. The Kier molecular flexibility index (Phi) is 5.18. The summed E-state index contributed by atoms with van der Waals surface area (Å²) < 4.78 is 0. The predicted molar refractivity (Wildman–Crippen MR) is 103 cm³/mol. The van der Waals surface area contributed by atoms with Gasteiger partial charge in [-0.1, -0.05) is 36.4 Å². The molecule has 1 saturated heterocycles. The number of hydrogen-bond donors (Lipinski definition) is 3. The Balaban J connectivity index is 1.39. The van der Waals surface area contributed by atoms with E-state index in [0.29, 0.717) is 13.0 Å². The Morgan fingerprint density at radius 3 is 2.63 bits per heavy atom. The average Bonchev–Trinajstić information content (AvgIpc) is 3.24. The molecule has 3 N–H and O–H groups in total. The van der Waals surface area contributed by atoms with Gasteiger partial charge in [0, 0.05) is 36.7 Å². The zero-order valence-electron chi connectivity index (χ0n) is 14.8. The first-order chi connectivity index (χ1) is 13.3. The first kappa shape index (κ1) is 17.3. The van der Waals surface area contributed by atoms with Gasteiger partial charge in [-0.15, -0.1) is 0 Å². The summed E-state index contributed by atoms with van der Waals surface area (Å²) in [6, 6.07) is 17.7. The minimum atomic E-state index is -0.267. The molecule has 2 aromatic heterocycles. The summed E-state index contributed by atoms with van der Waals surface area (Å²) in [7, 11) is 0. The van der Waals surface area contributed by atoms with Crippen LogP contribution in [0.5, 0.6) is 0 Å². The van der Waals surface area contributed by atoms with E-state index in [0.717, 1.165) is 16.8 Å². The number of nitrogens with one attached hydrogen (secondary N) is 3. The van der Waals surface area contributed by atoms with Gasteiger partial charge in [0.25, 0.3) is 0 Å². The van der Waals surface area contributed by atoms with E-state index >= 15 is 0 Å². The van der Waals surface area contributed by atoms with E-state index in [9.17, 15) is 4.79 Å². The number of aromatic nitrogens is 2. The number of benzene rings is 1. The van der Waals surface area contributed by atoms with E-state index in [1.165, 1.54) is 5.56 Å². The van der Waals surface area contributed by atoms with Crippen molar-refractivity contribution in [3.8, 4) is 11.3 Å². The van der Waals surface area contributed by atoms with Crippen molar-refractivity contribution in [3.63, 3.8) is 0 Å². The van der Waals surface area contributed by atoms with Crippen LogP contribution in [-0.2, 0) is 11.3 Å². The van der Waals surface area contributed by atoms with Crippen molar-refractivity contribution in [1.29, 1.82) is 0 Å². The van der Waals surface area contributed by atoms with Crippen molar-refractivity contribution >= 4 is 5.91 Å². The van der Waals surface area contributed by atoms with Crippen LogP contribution in [0.4, 0.5) is 0 Å². The zero-order valence-corrected chi connectivity index (χ0v) is 14.8. The molecular formula is C21H21N5O. The number of pyridine rings is 2. The second-order valence-corrected chi connectivity index (χ2v) is 6.51. The molecule has 1 aliphatic heterocycles. The lowest BCUT2D eigenvalue weighted by Gasteiger charge is -2.13. The van der Waals surface area contributed by atoms with Crippen molar-refractivity contribution in [2.75, 3.05) is 0 Å². The fourth-order valence-electron chi connectivity index (χ4n) is 3.29. The first-order valence-corrected chi connectivity index (χ1v) is 8.99. The lowest BCUT2D eigenvalue weighted by atomic mass is 10.0. The fourth-order valence-corrected chi connectivity index (χ4v) is 3.29. The Hall–Kier alpha value is -3.09. The smallest absolute Gasteiger partial charge is 0.238 e. The molecule has 0 radical (unpaired) electrons. The van der Waals surface area contributed by atoms with Gasteiger partial charge in [0.1, 0.15) is 6.04 Å². The molecule has 0 saturated carbocycles. The van der Waals surface area contributed by atoms with Gasteiger partial charge in [0.2, 0.25) is 5.91 Å². The van der Waals surface area contributed by atoms with Crippen molar-refractivity contribution in [1.82, 2.24) is 26.1 Å². The van der Waals surface area contributed by atoms with E-state index in [4.69, 9.17) is 0 Å². The second-order valence-electron chi connectivity index (χ2n) is 6.51. The third-order valence-electron chi connectivity index (χ3n) is 4.72. The zero-order chi connectivity index (χ0) is 18.5. The third-order valence-corrected chi connectivity index (χ3v) is 4.72. The maximum Gasteiger partial charge on any atom is 0.238 e. The third kappa shape index (κ3) is 4.02. The summed E-state index contributed by atoms with van der Waals surface area (Å²) in [5.74, 6) is -0.0227. The van der Waals surface area contributed by atoms with Crippen LogP contribution >= 0.6 is 0 Å². The Bertz CT molecular complexity index is 901. The molecule has 2 atom stereocenters. The molecule has 1 amide bonds. The molecule has 3 heterocycles. The Morgan fingerprint density at radius 2 is 1.81 bits per heavy atom. The average molecular weight is 359 g/mol. The number of hydrazine groups is 1. The molecule has 0 spiro atoms. The molecule has 2 unspecified atom stereocenters. The van der Waals surface area contributed by atoms with E-state index in [1.54, 1.807) is 18.6 Å². The summed E-state index contributed by atoms with van der Waals surface area (Å²) in [5, 5.41) is 3.03. The monoisotopic (exact) mass is 359 g/mol. The molecule has 1 fully saturated rings. The van der Waals surface area contributed by atoms with Crippen LogP contribution < -0.4 is 16.2 Å². The van der Waals surface area contributed by atoms with Crippen LogP contribution in [0.1, 0.15) is 23.6 Å². The van der Waals surface area contributed by atoms with Gasteiger partial charge < -0.3 is 5.32 Å². The van der Waals surface area contributed by atoms with Crippen LogP contribution in [0.15, 0.2) is 73.2 Å². The first-order valence-electron chi connectivity index (χ1n) is 8.99. The van der Waals surface area contributed by atoms with Crippen molar-refractivity contribution in [2.45, 2.75) is 25.0 Å². The van der Waals surface area contributed by atoms with E-state index in [1.807, 2.05) is 42.5 Å². The molecule has 1 aromatic carbocycles. The number of nitrogens with zero attached hydrogens (tertiary/aromatic N) is 2. The number of amides is 1. The number of carbonyl (C=O) groups excluding carboxylic acids is 1. The summed E-state index contributed by atoms with van der Waals surface area (Å²) in [4.78, 5) is 21.1. The van der Waals surface area contributed by atoms with Crippen LogP contribution in [0.25, 0.3) is 11.3 Å². The highest BCUT2D eigenvalue weighted by Gasteiger charge is 2.29. The summed E-state index contributed by atoms with van der Waals surface area (Å²) >= 11 is 0. The number of hydrogen-bond acceptors (Lipinski definition) is 5. The highest BCUT2D eigenvalue weighted by atomic mass is 16.2. The largest absolute Gasteiger partial charge is 0.351 e. The van der Waals surface area contributed by atoms with Crippen LogP contribution in [0, 0.1) is 0 Å². The molecule has 0 bridgehead atoms. The van der Waals surface area contributed by atoms with Gasteiger partial charge in [-0.25, -0.2) is 10.9 Å². The van der Waals surface area contributed by atoms with Crippen molar-refractivity contribution in [2.24, 2.45) is 0 Å². The molecule has 3 aromatic rings. The predicted octanol–water partition coefficient (Wildman–Crippen LogP) is 2.37. The minimum absolute atomic E-state index is 0.0227. The quantitative estimate of drug-likeness (QED) is 0.652. The Labute approximate surface area is 158 Å². The van der Waals surface area contributed by atoms with Crippen LogP contribution in [-0.4, -0.2) is 21.9 Å². The van der Waals surface area contributed by atoms with Crippen molar-refractivity contribution < 1.29 is 4.79 Å². The lowest BCUT2D eigenvalue weighted by Crippen LogP contribution is -2.42. The molecular weight excluding hydrogens is 338 g/mol. The molecule has 0 aliphatic carbocycles. The summed E-state index contributed by atoms with van der Waals surface area (Å²) in [5.41, 5.74) is 10.3. The van der Waals surface area contributed by atoms with Gasteiger partial charge in [0.05, 0.1) is 5.69 Å². The standard InChI is InChI=1S/C21H21N5O/c27-21(19-13-18(25-26-19)15-5-2-1-3-6-15)24-14-17-7-4-10-23-20(17)16-8-11-22-12-9-16/h1-12,18-19,25-26H,13-14H2,(H,24,27). The molecule has 4 rings (SSSR count). The SMILES string of the molecule is O=C(NCc1cccnc1-c1ccncc1)C1CC(c2ccccc2)NN1. The normalized spacial score (nSPS) is 19.0. The maximum absolute atomic E-state index is 12.6. The molecule has 6 nitrogen and oxygen atoms in total. The van der Waals surface area contributed by atoms with Crippen molar-refractivity contribution in [3.05, 3.63) is 84.3 Å². The number of rotatable bonds is 5. The van der Waals surface area contributed by atoms with Gasteiger partial charge in [0.15, 0.2) is 0 Å². The van der Waals surface area contributed by atoms with Crippen LogP contribution in [0.2, 0.25) is 0 Å². The highest BCUT2D eigenvalue weighted by molar-refractivity contribution is 5.82. The minimum Gasteiger partial charge on any atom is -0.351 e. The van der Waals surface area contributed by atoms with Gasteiger partial charge in [-0.3, -0.25) is 14.8 Å². The van der Waals surface area contributed by atoms with Crippen LogP contribution in [0.3, 0.4) is 0 Å². The topological polar surface area (TPSA) is 78.9 Å². The second kappa shape index (κ2) is 8.07. The summed E-state index contributed by atoms with van der Waals surface area (Å²) in [6.07, 6.45) is 5.95. The highest BCUT2D eigenvalue weighted by Crippen LogP contribution is 2.23. The summed E-state index contributed by atoms with van der Waals surface area (Å²) in [6.45, 7) is 0.429. The lowest BCUT2D eigenvalue weighted by molar-refractivity contribution is -0.123.